The smallest absolute Gasteiger partial charge is 0.420 e. The van der Waals surface area contributed by atoms with Crippen LogP contribution in [-0.4, -0.2) is 39.2 Å². The van der Waals surface area contributed by atoms with Crippen molar-refractivity contribution in [1.82, 2.24) is 9.29 Å². The molecule has 29 heavy (non-hydrogen) atoms. The Morgan fingerprint density at radius 2 is 1.76 bits per heavy atom. The van der Waals surface area contributed by atoms with Gasteiger partial charge in [0.25, 0.3) is 10.0 Å². The van der Waals surface area contributed by atoms with Gasteiger partial charge in [-0.15, -0.1) is 0 Å². The molecule has 1 aromatic heterocycles. The fourth-order valence-electron chi connectivity index (χ4n) is 2.71. The minimum atomic E-state index is -4.04. The number of hydrogen-bond donors (Lipinski definition) is 2. The van der Waals surface area contributed by atoms with Gasteiger partial charge in [0.2, 0.25) is 5.91 Å². The molecule has 0 bridgehead atoms. The molecule has 0 aliphatic rings. The number of benzene rings is 2. The van der Waals surface area contributed by atoms with E-state index in [2.05, 4.69) is 10.1 Å². The van der Waals surface area contributed by atoms with Crippen LogP contribution < -0.4 is 14.8 Å². The maximum absolute atomic E-state index is 12.4. The highest BCUT2D eigenvalue weighted by Gasteiger charge is 2.18. The molecule has 3 rings (SSSR count). The Bertz CT molecular complexity index is 1150. The first-order valence-corrected chi connectivity index (χ1v) is 9.94. The average molecular weight is 417 g/mol. The van der Waals surface area contributed by atoms with Gasteiger partial charge in [0.15, 0.2) is 0 Å². The van der Waals surface area contributed by atoms with Crippen molar-refractivity contribution in [1.29, 1.82) is 0 Å². The summed E-state index contributed by atoms with van der Waals surface area (Å²) >= 11 is 0. The topological polar surface area (TPSA) is 116 Å². The number of anilines is 1. The van der Waals surface area contributed by atoms with Crippen molar-refractivity contribution in [3.63, 3.8) is 0 Å². The molecule has 3 aromatic rings. The fraction of sp³-hybridized carbons (Fsp3) is 0.158. The molecule has 2 amide bonds. The first-order chi connectivity index (χ1) is 13.8. The molecule has 2 aromatic carbocycles. The normalized spacial score (nSPS) is 11.1. The molecule has 0 radical (unpaired) electrons. The van der Waals surface area contributed by atoms with Gasteiger partial charge in [0, 0.05) is 18.0 Å². The predicted octanol–water partition coefficient (Wildman–Crippen LogP) is 2.33. The first-order valence-electron chi connectivity index (χ1n) is 8.46. The molecule has 1 heterocycles. The zero-order valence-electron chi connectivity index (χ0n) is 15.7. The van der Waals surface area contributed by atoms with Crippen LogP contribution >= 0.6 is 0 Å². The monoisotopic (exact) mass is 417 g/mol. The van der Waals surface area contributed by atoms with E-state index in [9.17, 15) is 18.0 Å². The van der Waals surface area contributed by atoms with Gasteiger partial charge in [-0.25, -0.2) is 17.9 Å². The van der Waals surface area contributed by atoms with E-state index < -0.39 is 16.1 Å². The van der Waals surface area contributed by atoms with Gasteiger partial charge in [-0.1, -0.05) is 0 Å². The highest BCUT2D eigenvalue weighted by atomic mass is 32.2. The Kier molecular flexibility index (Phi) is 5.74. The Morgan fingerprint density at radius 1 is 1.03 bits per heavy atom. The second-order valence-electron chi connectivity index (χ2n) is 6.04. The third-order valence-electron chi connectivity index (χ3n) is 4.15. The lowest BCUT2D eigenvalue weighted by Crippen LogP contribution is -2.30. The van der Waals surface area contributed by atoms with Crippen molar-refractivity contribution >= 4 is 38.6 Å². The summed E-state index contributed by atoms with van der Waals surface area (Å²) in [6.45, 7) is 0.0701. The number of nitrogens with one attached hydrogen (secondary N) is 2. The number of carbonyl (C=O) groups is 2. The number of fused-ring (bicyclic) bond motifs is 1. The van der Waals surface area contributed by atoms with Crippen LogP contribution in [0.4, 0.5) is 10.5 Å². The van der Waals surface area contributed by atoms with Gasteiger partial charge < -0.3 is 19.4 Å². The molecular formula is C19H19N3O6S. The molecule has 0 saturated carbocycles. The molecular weight excluding hydrogens is 398 g/mol. The lowest BCUT2D eigenvalue weighted by Gasteiger charge is -2.09. The molecule has 0 aliphatic carbocycles. The summed E-state index contributed by atoms with van der Waals surface area (Å²) in [6.07, 6.45) is 0.718. The van der Waals surface area contributed by atoms with Crippen molar-refractivity contribution in [3.05, 3.63) is 54.7 Å². The molecule has 0 spiro atoms. The predicted molar refractivity (Wildman–Crippen MR) is 106 cm³/mol. The molecule has 10 heteroatoms. The van der Waals surface area contributed by atoms with Gasteiger partial charge >= 0.3 is 6.09 Å². The van der Waals surface area contributed by atoms with Crippen LogP contribution in [0.25, 0.3) is 10.9 Å². The van der Waals surface area contributed by atoms with Crippen molar-refractivity contribution in [2.45, 2.75) is 11.4 Å². The summed E-state index contributed by atoms with van der Waals surface area (Å²) in [6, 6.07) is 12.9. The van der Waals surface area contributed by atoms with E-state index in [1.165, 1.54) is 24.3 Å². The highest BCUT2D eigenvalue weighted by Crippen LogP contribution is 2.22. The SMILES string of the molecule is COC(=O)NS(=O)(=O)c1ccc(NC(=O)Cn2ccc3ccc(OC)cc32)cc1. The van der Waals surface area contributed by atoms with Gasteiger partial charge in [-0.05, 0) is 47.9 Å². The Hall–Kier alpha value is -3.53. The van der Waals surface area contributed by atoms with Crippen LogP contribution in [0, 0.1) is 0 Å². The molecule has 0 saturated heterocycles. The summed E-state index contributed by atoms with van der Waals surface area (Å²) in [5.74, 6) is 0.406. The number of rotatable bonds is 6. The summed E-state index contributed by atoms with van der Waals surface area (Å²) in [5, 5.41) is 3.68. The second-order valence-corrected chi connectivity index (χ2v) is 7.72. The Balaban J connectivity index is 1.69. The number of methoxy groups -OCH3 is 2. The minimum absolute atomic E-state index is 0.0701. The third kappa shape index (κ3) is 4.66. The van der Waals surface area contributed by atoms with Crippen molar-refractivity contribution in [2.75, 3.05) is 19.5 Å². The average Bonchev–Trinajstić information content (AvgIpc) is 3.09. The van der Waals surface area contributed by atoms with E-state index in [0.717, 1.165) is 18.0 Å². The largest absolute Gasteiger partial charge is 0.497 e. The summed E-state index contributed by atoms with van der Waals surface area (Å²) in [5.41, 5.74) is 1.27. The highest BCUT2D eigenvalue weighted by molar-refractivity contribution is 7.90. The fourth-order valence-corrected chi connectivity index (χ4v) is 3.63. The van der Waals surface area contributed by atoms with Crippen LogP contribution in [0.1, 0.15) is 0 Å². The molecule has 0 unspecified atom stereocenters. The van der Waals surface area contributed by atoms with Gasteiger partial charge in [0.05, 0.1) is 24.6 Å². The van der Waals surface area contributed by atoms with Crippen molar-refractivity contribution in [3.8, 4) is 5.75 Å². The standard InChI is InChI=1S/C19H19N3O6S/c1-27-15-6-3-13-9-10-22(17(13)11-15)12-18(23)20-14-4-7-16(8-5-14)29(25,26)21-19(24)28-2/h3-11H,12H2,1-2H3,(H,20,23)(H,21,24). The number of aromatic nitrogens is 1. The Morgan fingerprint density at radius 3 is 2.41 bits per heavy atom. The van der Waals surface area contributed by atoms with Crippen LogP contribution in [0.5, 0.6) is 5.75 Å². The molecule has 2 N–H and O–H groups in total. The molecule has 0 fully saturated rings. The van der Waals surface area contributed by atoms with E-state index in [-0.39, 0.29) is 17.3 Å². The van der Waals surface area contributed by atoms with E-state index in [4.69, 9.17) is 4.74 Å². The zero-order valence-corrected chi connectivity index (χ0v) is 16.5. The van der Waals surface area contributed by atoms with Crippen molar-refractivity contribution < 1.29 is 27.5 Å². The molecule has 0 aliphatic heterocycles. The zero-order chi connectivity index (χ0) is 21.0. The summed E-state index contributed by atoms with van der Waals surface area (Å²) in [7, 11) is -1.40. The number of ether oxygens (including phenoxy) is 2. The number of sulfonamides is 1. The van der Waals surface area contributed by atoms with Gasteiger partial charge in [0.1, 0.15) is 12.3 Å². The Labute approximate surface area is 167 Å². The van der Waals surface area contributed by atoms with Gasteiger partial charge in [-0.3, -0.25) is 4.79 Å². The first kappa shape index (κ1) is 20.2. The number of nitrogens with zero attached hydrogens (tertiary/aromatic N) is 1. The maximum Gasteiger partial charge on any atom is 0.420 e. The van der Waals surface area contributed by atoms with Crippen LogP contribution in [0.2, 0.25) is 0 Å². The summed E-state index contributed by atoms with van der Waals surface area (Å²) in [4.78, 5) is 23.4. The van der Waals surface area contributed by atoms with Crippen LogP contribution in [0.3, 0.4) is 0 Å². The number of carbonyl (C=O) groups excluding carboxylic acids is 2. The molecule has 0 atom stereocenters. The van der Waals surface area contributed by atoms with E-state index >= 15 is 0 Å². The number of hydrogen-bond acceptors (Lipinski definition) is 6. The maximum atomic E-state index is 12.4. The minimum Gasteiger partial charge on any atom is -0.497 e. The third-order valence-corrected chi connectivity index (χ3v) is 5.47. The second kappa shape index (κ2) is 8.23. The molecule has 152 valence electrons. The van der Waals surface area contributed by atoms with Crippen LogP contribution in [-0.2, 0) is 26.1 Å². The summed E-state index contributed by atoms with van der Waals surface area (Å²) < 4.78 is 37.1. The quantitative estimate of drug-likeness (QED) is 0.636. The van der Waals surface area contributed by atoms with E-state index in [1.54, 1.807) is 22.6 Å². The lowest BCUT2D eigenvalue weighted by atomic mass is 10.2. The van der Waals surface area contributed by atoms with Gasteiger partial charge in [-0.2, -0.15) is 0 Å². The molecule has 9 nitrogen and oxygen atoms in total. The van der Waals surface area contributed by atoms with E-state index in [0.29, 0.717) is 11.4 Å². The number of amides is 2. The van der Waals surface area contributed by atoms with Crippen LogP contribution in [0.15, 0.2) is 59.6 Å². The van der Waals surface area contributed by atoms with E-state index in [1.807, 2.05) is 24.3 Å². The van der Waals surface area contributed by atoms with Crippen molar-refractivity contribution in [2.24, 2.45) is 0 Å². The lowest BCUT2D eigenvalue weighted by molar-refractivity contribution is -0.116.